The van der Waals surface area contributed by atoms with Gasteiger partial charge in [-0.2, -0.15) is 39.5 Å². The maximum Gasteiger partial charge on any atom is 0.416 e. The Kier molecular flexibility index (Phi) is 5.72. The summed E-state index contributed by atoms with van der Waals surface area (Å²) in [5, 5.41) is 0. The highest BCUT2D eigenvalue weighted by molar-refractivity contribution is 5.94. The molecule has 0 aliphatic rings. The number of hydrogen-bond donors (Lipinski definition) is 0. The lowest BCUT2D eigenvalue weighted by Gasteiger charge is -2.24. The molecular formula is C16H10F9NO2. The number of hydrogen-bond acceptors (Lipinski definition) is 2. The molecule has 28 heavy (non-hydrogen) atoms. The number of alkyl halides is 9. The first kappa shape index (κ1) is 21.6. The molecular weight excluding hydrogens is 409 g/mol. The van der Waals surface area contributed by atoms with Crippen LogP contribution in [0.15, 0.2) is 41.0 Å². The fourth-order valence-electron chi connectivity index (χ4n) is 2.27. The Balaban J connectivity index is 2.50. The van der Waals surface area contributed by atoms with Gasteiger partial charge < -0.3 is 9.32 Å². The standard InChI is InChI=1S/C16H10F9NO2/c17-14(18,19)8-26(7-12-2-1-3-28-12)13(27)9-4-10(15(20,21)22)6-11(5-9)16(23,24)25/h1-6H,7-8H2. The van der Waals surface area contributed by atoms with Crippen molar-refractivity contribution in [1.82, 2.24) is 4.90 Å². The molecule has 1 aromatic carbocycles. The smallest absolute Gasteiger partial charge is 0.416 e. The SMILES string of the molecule is O=C(c1cc(C(F)(F)F)cc(C(F)(F)F)c1)N(Cc1ccco1)CC(F)(F)F. The topological polar surface area (TPSA) is 33.5 Å². The van der Waals surface area contributed by atoms with Crippen LogP contribution in [-0.4, -0.2) is 23.5 Å². The van der Waals surface area contributed by atoms with Crippen LogP contribution in [0.25, 0.3) is 0 Å². The summed E-state index contributed by atoms with van der Waals surface area (Å²) in [5.41, 5.74) is -4.80. The molecule has 12 heteroatoms. The van der Waals surface area contributed by atoms with Gasteiger partial charge in [-0.1, -0.05) is 0 Å². The normalized spacial score (nSPS) is 12.9. The van der Waals surface area contributed by atoms with Crippen LogP contribution in [0.4, 0.5) is 39.5 Å². The summed E-state index contributed by atoms with van der Waals surface area (Å²) in [6, 6.07) is 2.41. The summed E-state index contributed by atoms with van der Waals surface area (Å²) in [5.74, 6) is -1.80. The molecule has 0 radical (unpaired) electrons. The molecule has 154 valence electrons. The van der Waals surface area contributed by atoms with E-state index < -0.39 is 54.2 Å². The van der Waals surface area contributed by atoms with E-state index in [2.05, 4.69) is 0 Å². The first-order valence-electron chi connectivity index (χ1n) is 7.35. The van der Waals surface area contributed by atoms with Crippen molar-refractivity contribution in [3.63, 3.8) is 0 Å². The highest BCUT2D eigenvalue weighted by Crippen LogP contribution is 2.36. The fourth-order valence-corrected chi connectivity index (χ4v) is 2.27. The first-order valence-corrected chi connectivity index (χ1v) is 7.35. The maximum atomic E-state index is 12.9. The molecule has 0 saturated carbocycles. The molecule has 0 fully saturated rings. The van der Waals surface area contributed by atoms with Crippen molar-refractivity contribution < 1.29 is 48.7 Å². The van der Waals surface area contributed by atoms with E-state index in [0.29, 0.717) is 0 Å². The second kappa shape index (κ2) is 7.40. The third-order valence-electron chi connectivity index (χ3n) is 3.42. The number of carbonyl (C=O) groups excluding carboxylic acids is 1. The van der Waals surface area contributed by atoms with Gasteiger partial charge in [-0.05, 0) is 30.3 Å². The van der Waals surface area contributed by atoms with Crippen LogP contribution in [0.2, 0.25) is 0 Å². The lowest BCUT2D eigenvalue weighted by Crippen LogP contribution is -2.38. The molecule has 0 spiro atoms. The number of amides is 1. The van der Waals surface area contributed by atoms with E-state index in [4.69, 9.17) is 4.42 Å². The van der Waals surface area contributed by atoms with E-state index >= 15 is 0 Å². The van der Waals surface area contributed by atoms with Gasteiger partial charge >= 0.3 is 18.5 Å². The largest absolute Gasteiger partial charge is 0.467 e. The lowest BCUT2D eigenvalue weighted by molar-refractivity contribution is -0.144. The fraction of sp³-hybridized carbons (Fsp3) is 0.312. The van der Waals surface area contributed by atoms with Gasteiger partial charge in [-0.25, -0.2) is 0 Å². The van der Waals surface area contributed by atoms with E-state index in [9.17, 15) is 44.3 Å². The molecule has 1 aromatic heterocycles. The van der Waals surface area contributed by atoms with E-state index in [1.54, 1.807) is 0 Å². The quantitative estimate of drug-likeness (QED) is 0.612. The number of rotatable bonds is 4. The zero-order chi connectivity index (χ0) is 21.3. The van der Waals surface area contributed by atoms with Gasteiger partial charge in [0, 0.05) is 5.56 Å². The minimum absolute atomic E-state index is 0.0501. The van der Waals surface area contributed by atoms with E-state index in [-0.39, 0.29) is 28.9 Å². The van der Waals surface area contributed by atoms with Gasteiger partial charge in [0.1, 0.15) is 12.3 Å². The van der Waals surface area contributed by atoms with Crippen molar-refractivity contribution in [2.45, 2.75) is 25.1 Å². The summed E-state index contributed by atoms with van der Waals surface area (Å²) in [6.45, 7) is -2.70. The third-order valence-corrected chi connectivity index (χ3v) is 3.42. The van der Waals surface area contributed by atoms with Crippen LogP contribution in [0.1, 0.15) is 27.2 Å². The van der Waals surface area contributed by atoms with Crippen LogP contribution in [0.5, 0.6) is 0 Å². The van der Waals surface area contributed by atoms with Crippen molar-refractivity contribution in [1.29, 1.82) is 0 Å². The van der Waals surface area contributed by atoms with E-state index in [0.717, 1.165) is 6.26 Å². The zero-order valence-corrected chi connectivity index (χ0v) is 13.5. The average Bonchev–Trinajstić information content (AvgIpc) is 3.03. The van der Waals surface area contributed by atoms with E-state index in [1.807, 2.05) is 0 Å². The predicted molar refractivity (Wildman–Crippen MR) is 75.9 cm³/mol. The number of nitrogens with zero attached hydrogens (tertiary/aromatic N) is 1. The summed E-state index contributed by atoms with van der Waals surface area (Å²) < 4.78 is 120. The Morgan fingerprint density at radius 3 is 1.82 bits per heavy atom. The highest BCUT2D eigenvalue weighted by Gasteiger charge is 2.39. The van der Waals surface area contributed by atoms with Gasteiger partial charge in [-0.15, -0.1) is 0 Å². The molecule has 1 amide bonds. The maximum absolute atomic E-state index is 12.9. The number of carbonyl (C=O) groups is 1. The molecule has 0 saturated heterocycles. The number of halogens is 9. The van der Waals surface area contributed by atoms with Gasteiger partial charge in [0.15, 0.2) is 0 Å². The van der Waals surface area contributed by atoms with Gasteiger partial charge in [-0.3, -0.25) is 4.79 Å². The minimum atomic E-state index is -5.24. The molecule has 1 heterocycles. The van der Waals surface area contributed by atoms with Crippen LogP contribution < -0.4 is 0 Å². The summed E-state index contributed by atoms with van der Waals surface area (Å²) >= 11 is 0. The molecule has 3 nitrogen and oxygen atoms in total. The highest BCUT2D eigenvalue weighted by atomic mass is 19.4. The number of furan rings is 1. The van der Waals surface area contributed by atoms with Crippen LogP contribution in [0.3, 0.4) is 0 Å². The lowest BCUT2D eigenvalue weighted by atomic mass is 10.0. The average molecular weight is 419 g/mol. The molecule has 0 bridgehead atoms. The molecule has 2 aromatic rings. The monoisotopic (exact) mass is 419 g/mol. The molecule has 0 aliphatic carbocycles. The van der Waals surface area contributed by atoms with Crippen LogP contribution >= 0.6 is 0 Å². The summed E-state index contributed by atoms with van der Waals surface area (Å²) in [7, 11) is 0. The second-order valence-electron chi connectivity index (χ2n) is 5.65. The minimum Gasteiger partial charge on any atom is -0.467 e. The zero-order valence-electron chi connectivity index (χ0n) is 13.5. The first-order chi connectivity index (χ1) is 12.7. The molecule has 0 N–H and O–H groups in total. The van der Waals surface area contributed by atoms with Crippen molar-refractivity contribution in [3.8, 4) is 0 Å². The Bertz CT molecular complexity index is 788. The molecule has 0 unspecified atom stereocenters. The van der Waals surface area contributed by atoms with Crippen molar-refractivity contribution in [2.75, 3.05) is 6.54 Å². The second-order valence-corrected chi connectivity index (χ2v) is 5.65. The van der Waals surface area contributed by atoms with Crippen LogP contribution in [-0.2, 0) is 18.9 Å². The van der Waals surface area contributed by atoms with Crippen molar-refractivity contribution >= 4 is 5.91 Å². The summed E-state index contributed by atoms with van der Waals surface area (Å²) in [4.78, 5) is 12.4. The summed E-state index contributed by atoms with van der Waals surface area (Å²) in [6.07, 6.45) is -14.4. The molecule has 0 aliphatic heterocycles. The van der Waals surface area contributed by atoms with Crippen molar-refractivity contribution in [2.24, 2.45) is 0 Å². The Hall–Kier alpha value is -2.66. The van der Waals surface area contributed by atoms with E-state index in [1.165, 1.54) is 12.1 Å². The number of benzene rings is 1. The Labute approximate surface area is 151 Å². The van der Waals surface area contributed by atoms with Gasteiger partial charge in [0.05, 0.1) is 23.9 Å². The van der Waals surface area contributed by atoms with Crippen molar-refractivity contribution in [3.05, 3.63) is 59.0 Å². The van der Waals surface area contributed by atoms with Gasteiger partial charge in [0.25, 0.3) is 5.91 Å². The Morgan fingerprint density at radius 1 is 0.893 bits per heavy atom. The third kappa shape index (κ3) is 5.67. The predicted octanol–water partition coefficient (Wildman–Crippen LogP) is 5.52. The molecule has 2 rings (SSSR count). The molecule has 0 atom stereocenters. The Morgan fingerprint density at radius 2 is 1.43 bits per heavy atom. The van der Waals surface area contributed by atoms with Crippen LogP contribution in [0, 0.1) is 0 Å². The van der Waals surface area contributed by atoms with Gasteiger partial charge in [0.2, 0.25) is 0 Å².